The third kappa shape index (κ3) is 26.7. The number of nitrogen functional groups attached to an aromatic ring is 1. The summed E-state index contributed by atoms with van der Waals surface area (Å²) in [5, 5.41) is 56.9. The lowest BCUT2D eigenvalue weighted by molar-refractivity contribution is -0.192. The molecule has 0 radical (unpaired) electrons. The highest BCUT2D eigenvalue weighted by molar-refractivity contribution is 7.61. The van der Waals surface area contributed by atoms with Gasteiger partial charge in [0.25, 0.3) is 0 Å². The number of phosphoric acid groups is 2. The number of cyclic esters (lactones) is 1. The van der Waals surface area contributed by atoms with Crippen LogP contribution in [0.15, 0.2) is 53.5 Å². The fourth-order valence-corrected chi connectivity index (χ4v) is 10.4. The van der Waals surface area contributed by atoms with Crippen LogP contribution >= 0.6 is 15.6 Å². The number of aliphatic hydroxyl groups is 5. The number of hydrogen-bond donors (Lipinski definition) is 8. The minimum atomic E-state index is -5.74. The number of aliphatic hydroxyl groups excluding tert-OH is 5. The molecule has 1 saturated heterocycles. The van der Waals surface area contributed by atoms with Crippen molar-refractivity contribution in [3.63, 3.8) is 0 Å². The highest BCUT2D eigenvalue weighted by atomic mass is 31.3. The average molecular weight is 1090 g/mol. The van der Waals surface area contributed by atoms with Gasteiger partial charge in [0.15, 0.2) is 12.4 Å². The Morgan fingerprint density at radius 3 is 2.16 bits per heavy atom. The topological polar surface area (TPSA) is 335 Å². The first-order valence-corrected chi connectivity index (χ1v) is 29.4. The molecule has 424 valence electrons. The molecule has 2 bridgehead atoms. The van der Waals surface area contributed by atoms with E-state index in [4.69, 9.17) is 33.7 Å². The maximum atomic E-state index is 13.4. The SMILES string of the molecule is CCCCCCCC/C=C\CCCCCCCC(=O)O[C@@H]1COC(=O)CCCC=CC[C@@H]2[C@H](n3ccc(N)nc3=O)O[C@H](COP(=O)(O)OP(=O)(O)OC1)[C@@H](O)[C@@H](O)[C@@H](/C=C/[C@@H](O)CCCCC)OC(O)C[C@@H]2O. The van der Waals surface area contributed by atoms with Gasteiger partial charge >= 0.3 is 33.3 Å². The molecule has 9 N–H and O–H groups in total. The number of fused-ring (bicyclic) bond motifs is 3. The van der Waals surface area contributed by atoms with Gasteiger partial charge in [0, 0.05) is 31.4 Å². The number of carbonyl (C=O) groups is 2. The number of hydrogen-bond acceptors (Lipinski definition) is 19. The van der Waals surface area contributed by atoms with Crippen LogP contribution in [0.4, 0.5) is 5.82 Å². The van der Waals surface area contributed by atoms with Gasteiger partial charge in [0.2, 0.25) is 0 Å². The van der Waals surface area contributed by atoms with E-state index < -0.39 is 121 Å². The van der Waals surface area contributed by atoms with Crippen LogP contribution in [0.1, 0.15) is 168 Å². The smallest absolute Gasteiger partial charge is 0.462 e. The van der Waals surface area contributed by atoms with Gasteiger partial charge in [-0.15, -0.1) is 0 Å². The van der Waals surface area contributed by atoms with Crippen molar-refractivity contribution in [1.29, 1.82) is 0 Å². The summed E-state index contributed by atoms with van der Waals surface area (Å²) >= 11 is 0. The van der Waals surface area contributed by atoms with Crippen LogP contribution in [0.3, 0.4) is 0 Å². The molecule has 0 aliphatic carbocycles. The predicted molar refractivity (Wildman–Crippen MR) is 274 cm³/mol. The molecule has 0 spiro atoms. The number of nitrogens with zero attached hydrogens (tertiary/aromatic N) is 2. The minimum absolute atomic E-state index is 0.0152. The van der Waals surface area contributed by atoms with E-state index in [1.54, 1.807) is 12.2 Å². The van der Waals surface area contributed by atoms with E-state index >= 15 is 0 Å². The Labute approximate surface area is 435 Å². The van der Waals surface area contributed by atoms with Crippen LogP contribution in [0.5, 0.6) is 0 Å². The molecule has 1 aromatic rings. The van der Waals surface area contributed by atoms with Gasteiger partial charge in [-0.3, -0.25) is 23.2 Å². The van der Waals surface area contributed by atoms with E-state index in [1.807, 2.05) is 6.92 Å². The summed E-state index contributed by atoms with van der Waals surface area (Å²) in [6.45, 7) is 1.41. The van der Waals surface area contributed by atoms with Gasteiger partial charge in [-0.2, -0.15) is 9.29 Å². The molecule has 12 atom stereocenters. The highest BCUT2D eigenvalue weighted by Gasteiger charge is 2.44. The van der Waals surface area contributed by atoms with Crippen molar-refractivity contribution in [2.45, 2.75) is 217 Å². The second kappa shape index (κ2) is 36.0. The van der Waals surface area contributed by atoms with Crippen LogP contribution in [-0.4, -0.2) is 126 Å². The summed E-state index contributed by atoms with van der Waals surface area (Å²) in [6, 6.07) is 1.22. The Bertz CT molecular complexity index is 2010. The van der Waals surface area contributed by atoms with Gasteiger partial charge in [0.1, 0.15) is 43.1 Å². The summed E-state index contributed by atoms with van der Waals surface area (Å²) in [6.07, 6.45) is 12.0. The van der Waals surface area contributed by atoms with Crippen molar-refractivity contribution in [2.24, 2.45) is 5.92 Å². The van der Waals surface area contributed by atoms with E-state index in [0.717, 1.165) is 62.1 Å². The molecule has 0 aromatic carbocycles. The van der Waals surface area contributed by atoms with Crippen LogP contribution < -0.4 is 11.4 Å². The maximum Gasteiger partial charge on any atom is 0.481 e. The molecule has 74 heavy (non-hydrogen) atoms. The number of carbonyl (C=O) groups excluding carboxylic acids is 2. The Morgan fingerprint density at radius 1 is 0.851 bits per heavy atom. The van der Waals surface area contributed by atoms with Crippen molar-refractivity contribution in [3.05, 3.63) is 59.2 Å². The third-order valence-electron chi connectivity index (χ3n) is 12.5. The van der Waals surface area contributed by atoms with E-state index in [0.29, 0.717) is 19.3 Å². The molecule has 0 saturated carbocycles. The lowest BCUT2D eigenvalue weighted by Gasteiger charge is -2.36. The van der Waals surface area contributed by atoms with Gasteiger partial charge in [0.05, 0.1) is 25.4 Å². The van der Waals surface area contributed by atoms with Crippen LogP contribution in [-0.2, 0) is 51.0 Å². The fourth-order valence-electron chi connectivity index (χ4n) is 8.28. The van der Waals surface area contributed by atoms with Crippen molar-refractivity contribution in [2.75, 3.05) is 25.6 Å². The highest BCUT2D eigenvalue weighted by Crippen LogP contribution is 2.60. The quantitative estimate of drug-likeness (QED) is 0.0239. The molecule has 3 unspecified atom stereocenters. The lowest BCUT2D eigenvalue weighted by atomic mass is 9.92. The molecule has 3 heterocycles. The van der Waals surface area contributed by atoms with E-state index in [9.17, 15) is 58.8 Å². The number of allylic oxidation sites excluding steroid dienone is 4. The summed E-state index contributed by atoms with van der Waals surface area (Å²) in [5.74, 6) is -2.87. The van der Waals surface area contributed by atoms with Gasteiger partial charge < -0.3 is 60.0 Å². The van der Waals surface area contributed by atoms with Crippen LogP contribution in [0.25, 0.3) is 0 Å². The zero-order chi connectivity index (χ0) is 54.4. The largest absolute Gasteiger partial charge is 0.481 e. The number of nitrogens with two attached hydrogens (primary N) is 1. The Balaban J connectivity index is 1.82. The zero-order valence-corrected chi connectivity index (χ0v) is 45.0. The van der Waals surface area contributed by atoms with Crippen molar-refractivity contribution >= 4 is 33.4 Å². The van der Waals surface area contributed by atoms with Gasteiger partial charge in [-0.25, -0.2) is 13.9 Å². The second-order valence-corrected chi connectivity index (χ2v) is 21.9. The summed E-state index contributed by atoms with van der Waals surface area (Å²) < 4.78 is 64.8. The summed E-state index contributed by atoms with van der Waals surface area (Å²) in [5.41, 5.74) is 4.75. The van der Waals surface area contributed by atoms with Crippen LogP contribution in [0.2, 0.25) is 0 Å². The van der Waals surface area contributed by atoms with Gasteiger partial charge in [-0.1, -0.05) is 121 Å². The lowest BCUT2D eigenvalue weighted by Crippen LogP contribution is -2.49. The molecule has 2 aliphatic heterocycles. The van der Waals surface area contributed by atoms with Crippen molar-refractivity contribution in [1.82, 2.24) is 9.55 Å². The fraction of sp³-hybridized carbons (Fsp3) is 0.760. The molecular formula is C50H85N3O19P2. The Morgan fingerprint density at radius 2 is 1.49 bits per heavy atom. The number of rotatable bonds is 23. The molecule has 24 heteroatoms. The minimum Gasteiger partial charge on any atom is -0.462 e. The monoisotopic (exact) mass is 1090 g/mol. The summed E-state index contributed by atoms with van der Waals surface area (Å²) in [4.78, 5) is 64.3. The normalized spacial score (nSPS) is 30.1. The first-order valence-electron chi connectivity index (χ1n) is 26.4. The summed E-state index contributed by atoms with van der Waals surface area (Å²) in [7, 11) is -11.3. The number of esters is 2. The zero-order valence-electron chi connectivity index (χ0n) is 43.2. The van der Waals surface area contributed by atoms with Crippen molar-refractivity contribution < 1.29 is 86.3 Å². The van der Waals surface area contributed by atoms with E-state index in [1.165, 1.54) is 56.7 Å². The molecule has 3 rings (SSSR count). The standard InChI is InChI=1S/C50H85N3O19P2/c1-3-5-7-8-9-10-11-12-13-14-15-16-17-18-24-28-45(57)69-38-34-66-44(56)27-23-20-19-22-26-39-40(55)33-46(58)70-41(30-29-37(54)25-21-6-4-2)47(59)48(60)42(36-68-74(64,65)72-73(62,63)67-35-38)71-49(39)53-32-31-43(51)52-50(53)61/h12-13,19,22,29-32,37-42,46-49,54-55,58-60H,3-11,14-18,20-21,23-28,33-36H2,1-2H3,(H,62,63)(H,64,65)(H2,51,52,61)/b13-12-,22-19?,30-29+/t37-,38+,39-,40-,41+,42+,46?,47-,48+,49+/m0/s1. The second-order valence-electron chi connectivity index (χ2n) is 18.9. The molecule has 1 aromatic heterocycles. The average Bonchev–Trinajstić information content (AvgIpc) is 3.35. The first kappa shape index (κ1) is 65.1. The number of phosphoric ester groups is 2. The number of aromatic nitrogens is 2. The number of ether oxygens (including phenoxy) is 4. The molecule has 2 aliphatic rings. The molecular weight excluding hydrogens is 1010 g/mol. The Hall–Kier alpha value is -3.18. The van der Waals surface area contributed by atoms with E-state index in [-0.39, 0.29) is 37.9 Å². The maximum absolute atomic E-state index is 13.4. The Kier molecular flexibility index (Phi) is 31.7. The first-order chi connectivity index (χ1) is 35.3. The van der Waals surface area contributed by atoms with E-state index in [2.05, 4.69) is 28.4 Å². The molecule has 0 amide bonds. The molecule has 22 nitrogen and oxygen atoms in total. The third-order valence-corrected chi connectivity index (χ3v) is 15.1. The number of unbranched alkanes of at least 4 members (excludes halogenated alkanes) is 13. The number of anilines is 1. The predicted octanol–water partition coefficient (Wildman–Crippen LogP) is 6.89. The van der Waals surface area contributed by atoms with Crippen molar-refractivity contribution in [3.8, 4) is 0 Å². The van der Waals surface area contributed by atoms with Gasteiger partial charge in [-0.05, 0) is 63.9 Å². The van der Waals surface area contributed by atoms with Crippen LogP contribution in [0, 0.1) is 5.92 Å². The molecule has 1 fully saturated rings.